The molecule has 2 aromatic rings. The molecule has 1 heterocycles. The fraction of sp³-hybridized carbons (Fsp3) is 0.235. The molecule has 1 aromatic heterocycles. The van der Waals surface area contributed by atoms with E-state index in [9.17, 15) is 9.59 Å². The summed E-state index contributed by atoms with van der Waals surface area (Å²) in [4.78, 5) is 28.0. The molecule has 126 valence electrons. The Labute approximate surface area is 149 Å². The van der Waals surface area contributed by atoms with Gasteiger partial charge in [0.15, 0.2) is 6.10 Å². The Morgan fingerprint density at radius 1 is 1.12 bits per heavy atom. The van der Waals surface area contributed by atoms with Crippen molar-refractivity contribution >= 4 is 35.1 Å². The second-order valence-electron chi connectivity index (χ2n) is 5.18. The summed E-state index contributed by atoms with van der Waals surface area (Å²) in [6, 6.07) is 7.71. The highest BCUT2D eigenvalue weighted by Crippen LogP contribution is 2.26. The van der Waals surface area contributed by atoms with Crippen molar-refractivity contribution in [2.75, 3.05) is 0 Å². The normalized spacial score (nSPS) is 13.0. The third-order valence-corrected chi connectivity index (χ3v) is 3.92. The van der Waals surface area contributed by atoms with Gasteiger partial charge < -0.3 is 10.1 Å². The summed E-state index contributed by atoms with van der Waals surface area (Å²) in [6.45, 7) is 3.29. The minimum absolute atomic E-state index is 0.332. The van der Waals surface area contributed by atoms with Gasteiger partial charge in [-0.15, -0.1) is 0 Å². The number of carbonyl (C=O) groups excluding carboxylic acids is 2. The molecule has 0 saturated carbocycles. The van der Waals surface area contributed by atoms with Crippen molar-refractivity contribution in [1.82, 2.24) is 10.3 Å². The van der Waals surface area contributed by atoms with Gasteiger partial charge >= 0.3 is 5.97 Å². The number of pyridine rings is 1. The molecule has 0 aliphatic carbocycles. The van der Waals surface area contributed by atoms with Gasteiger partial charge in [-0.05, 0) is 43.7 Å². The number of nitrogens with one attached hydrogen (secondary N) is 1. The zero-order valence-electron chi connectivity index (χ0n) is 13.1. The molecule has 2 rings (SSSR count). The van der Waals surface area contributed by atoms with Gasteiger partial charge in [0.05, 0.1) is 11.6 Å². The molecule has 0 saturated heterocycles. The van der Waals surface area contributed by atoms with Crippen molar-refractivity contribution in [2.45, 2.75) is 26.0 Å². The third kappa shape index (κ3) is 4.69. The minimum Gasteiger partial charge on any atom is -0.449 e. The van der Waals surface area contributed by atoms with E-state index >= 15 is 0 Å². The van der Waals surface area contributed by atoms with Gasteiger partial charge in [-0.2, -0.15) is 0 Å². The molecule has 0 unspecified atom stereocenters. The largest absolute Gasteiger partial charge is 0.449 e. The number of hydrogen-bond donors (Lipinski definition) is 1. The molecule has 24 heavy (non-hydrogen) atoms. The van der Waals surface area contributed by atoms with Gasteiger partial charge in [0.2, 0.25) is 0 Å². The summed E-state index contributed by atoms with van der Waals surface area (Å²) < 4.78 is 5.15. The standard InChI is InChI=1S/C17H16Cl2N2O3/c1-10(14-4-3-13(18)9-15(14)19)21-16(22)11(2)24-17(23)12-5-7-20-8-6-12/h3-11H,1-2H3,(H,21,22)/t10-,11-/m1/s1. The van der Waals surface area contributed by atoms with Crippen LogP contribution in [-0.4, -0.2) is 23.0 Å². The zero-order valence-corrected chi connectivity index (χ0v) is 14.6. The quantitative estimate of drug-likeness (QED) is 0.816. The van der Waals surface area contributed by atoms with Crippen LogP contribution in [0.2, 0.25) is 10.0 Å². The van der Waals surface area contributed by atoms with E-state index in [0.29, 0.717) is 15.6 Å². The minimum atomic E-state index is -0.945. The average molecular weight is 367 g/mol. The van der Waals surface area contributed by atoms with Crippen LogP contribution in [0.4, 0.5) is 0 Å². The summed E-state index contributed by atoms with van der Waals surface area (Å²) in [6.07, 6.45) is 2.01. The molecule has 0 bridgehead atoms. The molecule has 1 amide bonds. The predicted molar refractivity (Wildman–Crippen MR) is 92.1 cm³/mol. The predicted octanol–water partition coefficient (Wildman–Crippen LogP) is 3.81. The highest BCUT2D eigenvalue weighted by atomic mass is 35.5. The summed E-state index contributed by atoms with van der Waals surface area (Å²) in [5, 5.41) is 3.73. The maximum atomic E-state index is 12.2. The second-order valence-corrected chi connectivity index (χ2v) is 6.02. The summed E-state index contributed by atoms with van der Waals surface area (Å²) >= 11 is 12.0. The van der Waals surface area contributed by atoms with Crippen LogP contribution in [-0.2, 0) is 9.53 Å². The van der Waals surface area contributed by atoms with Crippen molar-refractivity contribution in [2.24, 2.45) is 0 Å². The molecule has 0 aliphatic rings. The number of nitrogens with zero attached hydrogens (tertiary/aromatic N) is 1. The van der Waals surface area contributed by atoms with E-state index in [1.54, 1.807) is 25.1 Å². The van der Waals surface area contributed by atoms with Crippen LogP contribution in [0.3, 0.4) is 0 Å². The second kappa shape index (κ2) is 8.13. The number of carbonyl (C=O) groups is 2. The van der Waals surface area contributed by atoms with E-state index in [-0.39, 0.29) is 6.04 Å². The smallest absolute Gasteiger partial charge is 0.339 e. The fourth-order valence-corrected chi connectivity index (χ4v) is 2.60. The van der Waals surface area contributed by atoms with Crippen molar-refractivity contribution < 1.29 is 14.3 Å². The van der Waals surface area contributed by atoms with Gasteiger partial charge in [0.1, 0.15) is 0 Å². The highest BCUT2D eigenvalue weighted by molar-refractivity contribution is 6.35. The van der Waals surface area contributed by atoms with Crippen LogP contribution >= 0.6 is 23.2 Å². The van der Waals surface area contributed by atoms with Crippen molar-refractivity contribution in [1.29, 1.82) is 0 Å². The first-order valence-electron chi connectivity index (χ1n) is 7.25. The van der Waals surface area contributed by atoms with Crippen LogP contribution in [0.5, 0.6) is 0 Å². The molecule has 0 aliphatic heterocycles. The van der Waals surface area contributed by atoms with Crippen molar-refractivity contribution in [3.63, 3.8) is 0 Å². The Bertz CT molecular complexity index is 738. The number of benzene rings is 1. The fourth-order valence-electron chi connectivity index (χ4n) is 2.03. The Morgan fingerprint density at radius 3 is 2.42 bits per heavy atom. The monoisotopic (exact) mass is 366 g/mol. The lowest BCUT2D eigenvalue weighted by atomic mass is 10.1. The number of ether oxygens (including phenoxy) is 1. The molecule has 5 nitrogen and oxygen atoms in total. The molecular weight excluding hydrogens is 351 g/mol. The van der Waals surface area contributed by atoms with Gasteiger partial charge in [-0.1, -0.05) is 29.3 Å². The SMILES string of the molecule is C[C@@H](OC(=O)c1ccncc1)C(=O)N[C@H](C)c1ccc(Cl)cc1Cl. The molecule has 0 radical (unpaired) electrons. The first kappa shape index (κ1) is 18.2. The lowest BCUT2D eigenvalue weighted by molar-refractivity contribution is -0.129. The first-order chi connectivity index (χ1) is 11.4. The van der Waals surface area contributed by atoms with Gasteiger partial charge in [-0.25, -0.2) is 4.79 Å². The highest BCUT2D eigenvalue weighted by Gasteiger charge is 2.21. The van der Waals surface area contributed by atoms with Crippen molar-refractivity contribution in [3.8, 4) is 0 Å². The molecule has 0 spiro atoms. The maximum absolute atomic E-state index is 12.2. The molecular formula is C17H16Cl2N2O3. The Kier molecular flexibility index (Phi) is 6.17. The van der Waals surface area contributed by atoms with Gasteiger partial charge in [-0.3, -0.25) is 9.78 Å². The van der Waals surface area contributed by atoms with E-state index in [4.69, 9.17) is 27.9 Å². The molecule has 2 atom stereocenters. The summed E-state index contributed by atoms with van der Waals surface area (Å²) in [5.74, 6) is -1.01. The first-order valence-corrected chi connectivity index (χ1v) is 8.00. The van der Waals surface area contributed by atoms with Crippen LogP contribution in [0.1, 0.15) is 35.8 Å². The van der Waals surface area contributed by atoms with Crippen LogP contribution < -0.4 is 5.32 Å². The number of halogens is 2. The Balaban J connectivity index is 1.97. The number of amides is 1. The molecule has 1 aromatic carbocycles. The number of aromatic nitrogens is 1. The summed E-state index contributed by atoms with van der Waals surface area (Å²) in [5.41, 5.74) is 1.06. The van der Waals surface area contributed by atoms with E-state index in [1.165, 1.54) is 31.5 Å². The van der Waals surface area contributed by atoms with Crippen LogP contribution in [0, 0.1) is 0 Å². The van der Waals surface area contributed by atoms with Gasteiger partial charge in [0.25, 0.3) is 5.91 Å². The lowest BCUT2D eigenvalue weighted by Gasteiger charge is -2.19. The van der Waals surface area contributed by atoms with Gasteiger partial charge in [0, 0.05) is 22.4 Å². The van der Waals surface area contributed by atoms with E-state index < -0.39 is 18.0 Å². The number of rotatable bonds is 5. The Hall–Kier alpha value is -2.11. The average Bonchev–Trinajstić information content (AvgIpc) is 2.55. The lowest BCUT2D eigenvalue weighted by Crippen LogP contribution is -2.37. The third-order valence-electron chi connectivity index (χ3n) is 3.36. The van der Waals surface area contributed by atoms with E-state index in [2.05, 4.69) is 10.3 Å². The number of hydrogen-bond acceptors (Lipinski definition) is 4. The number of esters is 1. The van der Waals surface area contributed by atoms with E-state index in [1.807, 2.05) is 0 Å². The molecule has 7 heteroatoms. The van der Waals surface area contributed by atoms with Crippen molar-refractivity contribution in [3.05, 3.63) is 63.9 Å². The molecule has 1 N–H and O–H groups in total. The van der Waals surface area contributed by atoms with Crippen LogP contribution in [0.15, 0.2) is 42.7 Å². The maximum Gasteiger partial charge on any atom is 0.339 e. The topological polar surface area (TPSA) is 68.3 Å². The van der Waals surface area contributed by atoms with E-state index in [0.717, 1.165) is 5.56 Å². The summed E-state index contributed by atoms with van der Waals surface area (Å²) in [7, 11) is 0. The molecule has 0 fully saturated rings. The van der Waals surface area contributed by atoms with Crippen LogP contribution in [0.25, 0.3) is 0 Å². The zero-order chi connectivity index (χ0) is 17.7. The Morgan fingerprint density at radius 2 is 1.79 bits per heavy atom.